The van der Waals surface area contributed by atoms with Gasteiger partial charge >= 0.3 is 6.18 Å². The zero-order valence-electron chi connectivity index (χ0n) is 7.40. The van der Waals surface area contributed by atoms with Crippen molar-refractivity contribution in [3.63, 3.8) is 0 Å². The molecule has 5 heteroatoms. The first-order chi connectivity index (χ1) is 6.32. The van der Waals surface area contributed by atoms with Gasteiger partial charge in [-0.15, -0.1) is 0 Å². The van der Waals surface area contributed by atoms with Crippen LogP contribution in [-0.2, 0) is 0 Å². The number of hydrogen-bond acceptors (Lipinski definition) is 1. The van der Waals surface area contributed by atoms with Crippen molar-refractivity contribution >= 4 is 0 Å². The second-order valence-electron chi connectivity index (χ2n) is 3.02. The van der Waals surface area contributed by atoms with Crippen molar-refractivity contribution in [3.05, 3.63) is 35.1 Å². The van der Waals surface area contributed by atoms with E-state index in [-0.39, 0.29) is 5.56 Å². The average Bonchev–Trinajstić information content (AvgIpc) is 2.06. The molecule has 0 aliphatic carbocycles. The van der Waals surface area contributed by atoms with Crippen LogP contribution in [0.15, 0.2) is 18.2 Å². The first kappa shape index (κ1) is 11.0. The van der Waals surface area contributed by atoms with Crippen LogP contribution in [0.2, 0.25) is 0 Å². The van der Waals surface area contributed by atoms with Gasteiger partial charge in [-0.2, -0.15) is 13.2 Å². The summed E-state index contributed by atoms with van der Waals surface area (Å²) in [7, 11) is 0. The first-order valence-corrected chi connectivity index (χ1v) is 3.90. The Morgan fingerprint density at radius 2 is 1.86 bits per heavy atom. The highest BCUT2D eigenvalue weighted by Crippen LogP contribution is 2.32. The molecule has 1 aromatic rings. The van der Waals surface area contributed by atoms with E-state index in [1.807, 2.05) is 0 Å². The van der Waals surface area contributed by atoms with Crippen LogP contribution in [0, 0.1) is 12.7 Å². The predicted molar refractivity (Wildman–Crippen MR) is 44.1 cm³/mol. The summed E-state index contributed by atoms with van der Waals surface area (Å²) in [6.45, 7) is 1.46. The number of aryl methyl sites for hydroxylation is 1. The number of nitrogens with two attached hydrogens (primary N) is 1. The van der Waals surface area contributed by atoms with E-state index in [2.05, 4.69) is 0 Å². The van der Waals surface area contributed by atoms with E-state index < -0.39 is 18.0 Å². The highest BCUT2D eigenvalue weighted by molar-refractivity contribution is 5.30. The van der Waals surface area contributed by atoms with Crippen LogP contribution in [0.1, 0.15) is 17.2 Å². The highest BCUT2D eigenvalue weighted by atomic mass is 19.4. The zero-order valence-corrected chi connectivity index (χ0v) is 7.40. The third-order valence-corrected chi connectivity index (χ3v) is 1.93. The summed E-state index contributed by atoms with van der Waals surface area (Å²) in [5, 5.41) is 0. The van der Waals surface area contributed by atoms with Crippen LogP contribution >= 0.6 is 0 Å². The molecule has 0 aliphatic heterocycles. The third kappa shape index (κ3) is 2.23. The van der Waals surface area contributed by atoms with E-state index in [0.717, 1.165) is 12.1 Å². The fraction of sp³-hybridized carbons (Fsp3) is 0.333. The molecule has 1 nitrogen and oxygen atoms in total. The van der Waals surface area contributed by atoms with Gasteiger partial charge in [0.2, 0.25) is 0 Å². The van der Waals surface area contributed by atoms with E-state index >= 15 is 0 Å². The molecule has 0 amide bonds. The van der Waals surface area contributed by atoms with E-state index in [4.69, 9.17) is 5.73 Å². The first-order valence-electron chi connectivity index (χ1n) is 3.90. The zero-order chi connectivity index (χ0) is 10.9. The van der Waals surface area contributed by atoms with Gasteiger partial charge in [0.05, 0.1) is 0 Å². The van der Waals surface area contributed by atoms with Crippen LogP contribution in [0.3, 0.4) is 0 Å². The molecule has 0 radical (unpaired) electrons. The van der Waals surface area contributed by atoms with Gasteiger partial charge in [-0.1, -0.05) is 6.07 Å². The Kier molecular flexibility index (Phi) is 2.80. The van der Waals surface area contributed by atoms with Gasteiger partial charge in [0.15, 0.2) is 0 Å². The SMILES string of the molecule is Cc1ccc(F)cc1[C@@H](N)C(F)(F)F. The Labute approximate surface area is 78.5 Å². The van der Waals surface area contributed by atoms with E-state index in [9.17, 15) is 17.6 Å². The van der Waals surface area contributed by atoms with Gasteiger partial charge in [-0.25, -0.2) is 4.39 Å². The van der Waals surface area contributed by atoms with Gasteiger partial charge in [0.1, 0.15) is 11.9 Å². The average molecular weight is 207 g/mol. The molecule has 1 atom stereocenters. The lowest BCUT2D eigenvalue weighted by atomic mass is 10.0. The Bertz CT molecular complexity index is 332. The molecule has 0 saturated carbocycles. The summed E-state index contributed by atoms with van der Waals surface area (Å²) in [6.07, 6.45) is -4.54. The Hall–Kier alpha value is -1.10. The third-order valence-electron chi connectivity index (χ3n) is 1.93. The smallest absolute Gasteiger partial charge is 0.316 e. The monoisotopic (exact) mass is 207 g/mol. The fourth-order valence-electron chi connectivity index (χ4n) is 1.12. The molecule has 0 spiro atoms. The lowest BCUT2D eigenvalue weighted by Crippen LogP contribution is -2.29. The van der Waals surface area contributed by atoms with Gasteiger partial charge in [-0.3, -0.25) is 0 Å². The standard InChI is InChI=1S/C9H9F4N/c1-5-2-3-6(10)4-7(5)8(14)9(11,12)13/h2-4,8H,14H2,1H3/t8-/m1/s1. The quantitative estimate of drug-likeness (QED) is 0.704. The topological polar surface area (TPSA) is 26.0 Å². The molecule has 0 aromatic heterocycles. The van der Waals surface area contributed by atoms with Gasteiger partial charge in [0, 0.05) is 0 Å². The van der Waals surface area contributed by atoms with Crippen molar-refractivity contribution in [1.82, 2.24) is 0 Å². The summed E-state index contributed by atoms with van der Waals surface area (Å²) >= 11 is 0. The minimum Gasteiger partial charge on any atom is -0.316 e. The lowest BCUT2D eigenvalue weighted by molar-refractivity contribution is -0.149. The second kappa shape index (κ2) is 3.57. The molecule has 0 saturated heterocycles. The number of alkyl halides is 3. The predicted octanol–water partition coefficient (Wildman–Crippen LogP) is 2.70. The molecule has 14 heavy (non-hydrogen) atoms. The van der Waals surface area contributed by atoms with Crippen molar-refractivity contribution in [2.24, 2.45) is 5.73 Å². The van der Waals surface area contributed by atoms with Crippen LogP contribution in [-0.4, -0.2) is 6.18 Å². The molecular weight excluding hydrogens is 198 g/mol. The van der Waals surface area contributed by atoms with Crippen LogP contribution < -0.4 is 5.73 Å². The Balaban J connectivity index is 3.12. The molecule has 2 N–H and O–H groups in total. The summed E-state index contributed by atoms with van der Waals surface area (Å²) in [6, 6.07) is 1.06. The summed E-state index contributed by atoms with van der Waals surface area (Å²) in [5.74, 6) is -0.717. The maximum absolute atomic E-state index is 12.7. The van der Waals surface area contributed by atoms with Gasteiger partial charge in [-0.05, 0) is 30.2 Å². The molecule has 1 rings (SSSR count). The molecule has 0 unspecified atom stereocenters. The van der Waals surface area contributed by atoms with Crippen molar-refractivity contribution in [2.45, 2.75) is 19.1 Å². The Morgan fingerprint density at radius 1 is 1.29 bits per heavy atom. The van der Waals surface area contributed by atoms with Crippen molar-refractivity contribution in [1.29, 1.82) is 0 Å². The summed E-state index contributed by atoms with van der Waals surface area (Å²) in [4.78, 5) is 0. The number of rotatable bonds is 1. The maximum atomic E-state index is 12.7. The minimum absolute atomic E-state index is 0.225. The van der Waals surface area contributed by atoms with Crippen molar-refractivity contribution < 1.29 is 17.6 Å². The molecule has 0 heterocycles. The lowest BCUT2D eigenvalue weighted by Gasteiger charge is -2.17. The molecule has 0 fully saturated rings. The highest BCUT2D eigenvalue weighted by Gasteiger charge is 2.38. The van der Waals surface area contributed by atoms with Crippen molar-refractivity contribution in [3.8, 4) is 0 Å². The normalized spacial score (nSPS) is 14.1. The molecule has 0 bridgehead atoms. The number of halogens is 4. The fourth-order valence-corrected chi connectivity index (χ4v) is 1.12. The summed E-state index contributed by atoms with van der Waals surface area (Å²) in [5.41, 5.74) is 5.06. The number of hydrogen-bond donors (Lipinski definition) is 1. The molecular formula is C9H9F4N. The van der Waals surface area contributed by atoms with E-state index in [1.54, 1.807) is 0 Å². The number of benzene rings is 1. The van der Waals surface area contributed by atoms with Crippen LogP contribution in [0.4, 0.5) is 17.6 Å². The van der Waals surface area contributed by atoms with Crippen LogP contribution in [0.25, 0.3) is 0 Å². The Morgan fingerprint density at radius 3 is 2.36 bits per heavy atom. The molecule has 78 valence electrons. The summed E-state index contributed by atoms with van der Waals surface area (Å²) < 4.78 is 49.3. The van der Waals surface area contributed by atoms with E-state index in [0.29, 0.717) is 5.56 Å². The largest absolute Gasteiger partial charge is 0.407 e. The maximum Gasteiger partial charge on any atom is 0.407 e. The van der Waals surface area contributed by atoms with Gasteiger partial charge < -0.3 is 5.73 Å². The van der Waals surface area contributed by atoms with Crippen molar-refractivity contribution in [2.75, 3.05) is 0 Å². The molecule has 1 aromatic carbocycles. The minimum atomic E-state index is -4.54. The second-order valence-corrected chi connectivity index (χ2v) is 3.02. The van der Waals surface area contributed by atoms with Crippen LogP contribution in [0.5, 0.6) is 0 Å². The van der Waals surface area contributed by atoms with Gasteiger partial charge in [0.25, 0.3) is 0 Å². The van der Waals surface area contributed by atoms with E-state index in [1.165, 1.54) is 13.0 Å². The molecule has 0 aliphatic rings.